The van der Waals surface area contributed by atoms with E-state index in [1.807, 2.05) is 13.8 Å². The molecule has 0 aliphatic rings. The van der Waals surface area contributed by atoms with Crippen LogP contribution in [0.15, 0.2) is 0 Å². The quantitative estimate of drug-likeness (QED) is 0.613. The van der Waals surface area contributed by atoms with Crippen molar-refractivity contribution in [3.05, 3.63) is 0 Å². The van der Waals surface area contributed by atoms with Crippen molar-refractivity contribution in [1.82, 2.24) is 4.31 Å². The Hall–Kier alpha value is 0.160. The van der Waals surface area contributed by atoms with Gasteiger partial charge in [0, 0.05) is 26.1 Å². The lowest BCUT2D eigenvalue weighted by Crippen LogP contribution is -2.38. The second-order valence-corrected chi connectivity index (χ2v) is 6.22. The van der Waals surface area contributed by atoms with Crippen LogP contribution in [0.3, 0.4) is 0 Å². The lowest BCUT2D eigenvalue weighted by Gasteiger charge is -2.23. The Balaban J connectivity index is 4.46. The summed E-state index contributed by atoms with van der Waals surface area (Å²) in [5, 5.41) is 0. The molecule has 0 atom stereocenters. The van der Waals surface area contributed by atoms with Gasteiger partial charge in [0.05, 0.1) is 12.4 Å². The highest BCUT2D eigenvalue weighted by molar-refractivity contribution is 7.89. The molecule has 0 rings (SSSR count). The number of rotatable bonds is 8. The first-order valence-electron chi connectivity index (χ1n) is 4.96. The topological polar surface area (TPSA) is 46.6 Å². The van der Waals surface area contributed by atoms with Crippen LogP contribution in [0.5, 0.6) is 0 Å². The van der Waals surface area contributed by atoms with Crippen LogP contribution < -0.4 is 0 Å². The van der Waals surface area contributed by atoms with Crippen LogP contribution in [-0.2, 0) is 14.8 Å². The van der Waals surface area contributed by atoms with E-state index >= 15 is 0 Å². The Morgan fingerprint density at radius 3 is 2.40 bits per heavy atom. The minimum absolute atomic E-state index is 0.00894. The Kier molecular flexibility index (Phi) is 7.52. The number of alkyl halides is 1. The summed E-state index contributed by atoms with van der Waals surface area (Å²) in [4.78, 5) is 0. The molecule has 4 nitrogen and oxygen atoms in total. The number of hydrogen-bond donors (Lipinski definition) is 0. The van der Waals surface area contributed by atoms with Crippen molar-refractivity contribution in [3.8, 4) is 0 Å². The van der Waals surface area contributed by atoms with Gasteiger partial charge in [0.15, 0.2) is 0 Å². The molecular weight excluding hydrogens is 238 g/mol. The maximum atomic E-state index is 11.8. The van der Waals surface area contributed by atoms with E-state index < -0.39 is 10.0 Å². The maximum absolute atomic E-state index is 11.8. The van der Waals surface area contributed by atoms with Gasteiger partial charge in [-0.1, -0.05) is 13.8 Å². The monoisotopic (exact) mass is 257 g/mol. The van der Waals surface area contributed by atoms with Crippen LogP contribution >= 0.6 is 11.6 Å². The highest BCUT2D eigenvalue weighted by Gasteiger charge is 2.21. The average Bonchev–Trinajstić information content (AvgIpc) is 2.11. The molecule has 0 saturated heterocycles. The molecule has 0 fully saturated rings. The molecule has 0 bridgehead atoms. The third kappa shape index (κ3) is 6.35. The molecule has 92 valence electrons. The van der Waals surface area contributed by atoms with Crippen LogP contribution in [-0.4, -0.2) is 51.2 Å². The zero-order chi connectivity index (χ0) is 11.9. The Labute approximate surface area is 97.6 Å². The summed E-state index contributed by atoms with van der Waals surface area (Å²) in [5.74, 6) is 0.418. The number of ether oxygens (including phenoxy) is 1. The number of hydrogen-bond acceptors (Lipinski definition) is 3. The number of halogens is 1. The zero-order valence-corrected chi connectivity index (χ0v) is 11.1. The molecule has 0 heterocycles. The van der Waals surface area contributed by atoms with Gasteiger partial charge in [-0.15, -0.1) is 11.6 Å². The van der Waals surface area contributed by atoms with Crippen molar-refractivity contribution >= 4 is 21.6 Å². The van der Waals surface area contributed by atoms with Crippen molar-refractivity contribution in [2.75, 3.05) is 38.4 Å². The summed E-state index contributed by atoms with van der Waals surface area (Å²) in [6.07, 6.45) is 0. The van der Waals surface area contributed by atoms with Crippen molar-refractivity contribution in [2.24, 2.45) is 5.92 Å². The Morgan fingerprint density at radius 2 is 2.00 bits per heavy atom. The van der Waals surface area contributed by atoms with Gasteiger partial charge >= 0.3 is 0 Å². The molecule has 0 amide bonds. The minimum Gasteiger partial charge on any atom is -0.383 e. The van der Waals surface area contributed by atoms with E-state index in [1.54, 1.807) is 7.11 Å². The van der Waals surface area contributed by atoms with E-state index in [0.29, 0.717) is 25.6 Å². The van der Waals surface area contributed by atoms with Crippen molar-refractivity contribution in [2.45, 2.75) is 13.8 Å². The number of methoxy groups -OCH3 is 1. The smallest absolute Gasteiger partial charge is 0.215 e. The van der Waals surface area contributed by atoms with Gasteiger partial charge in [0.2, 0.25) is 10.0 Å². The zero-order valence-electron chi connectivity index (χ0n) is 9.57. The molecule has 15 heavy (non-hydrogen) atoms. The Bertz CT molecular complexity index is 254. The molecule has 0 aliphatic heterocycles. The molecule has 0 aromatic heterocycles. The molecule has 6 heteroatoms. The second-order valence-electron chi connectivity index (χ2n) is 3.75. The fourth-order valence-corrected chi connectivity index (χ4v) is 3.09. The standard InChI is InChI=1S/C9H20ClNO3S/c1-9(2)8-11(5-6-14-3)15(12,13)7-4-10/h9H,4-8H2,1-3H3. The van der Waals surface area contributed by atoms with Crippen molar-refractivity contribution < 1.29 is 13.2 Å². The average molecular weight is 258 g/mol. The summed E-state index contributed by atoms with van der Waals surface area (Å²) in [6, 6.07) is 0. The molecule has 0 aliphatic carbocycles. The molecule has 0 N–H and O–H groups in total. The molecule has 0 aromatic rings. The molecule has 0 saturated carbocycles. The Morgan fingerprint density at radius 1 is 1.40 bits per heavy atom. The molecular formula is C9H20ClNO3S. The second kappa shape index (κ2) is 7.44. The van der Waals surface area contributed by atoms with E-state index in [1.165, 1.54) is 4.31 Å². The van der Waals surface area contributed by atoms with Gasteiger partial charge in [-0.2, -0.15) is 4.31 Å². The van der Waals surface area contributed by atoms with E-state index in [2.05, 4.69) is 0 Å². The van der Waals surface area contributed by atoms with Crippen LogP contribution in [0.1, 0.15) is 13.8 Å². The summed E-state index contributed by atoms with van der Waals surface area (Å²) in [7, 11) is -1.66. The largest absolute Gasteiger partial charge is 0.383 e. The molecule has 0 radical (unpaired) electrons. The fraction of sp³-hybridized carbons (Fsp3) is 1.00. The first-order chi connectivity index (χ1) is 6.94. The number of nitrogens with zero attached hydrogens (tertiary/aromatic N) is 1. The predicted molar refractivity (Wildman–Crippen MR) is 62.8 cm³/mol. The van der Waals surface area contributed by atoms with Crippen molar-refractivity contribution in [1.29, 1.82) is 0 Å². The van der Waals surface area contributed by atoms with E-state index in [0.717, 1.165) is 0 Å². The minimum atomic E-state index is -3.22. The maximum Gasteiger partial charge on any atom is 0.215 e. The highest BCUT2D eigenvalue weighted by Crippen LogP contribution is 2.06. The van der Waals surface area contributed by atoms with E-state index in [-0.39, 0.29) is 11.6 Å². The van der Waals surface area contributed by atoms with Crippen LogP contribution in [0.25, 0.3) is 0 Å². The van der Waals surface area contributed by atoms with Crippen LogP contribution in [0.4, 0.5) is 0 Å². The predicted octanol–water partition coefficient (Wildman–Crippen LogP) is 1.16. The van der Waals surface area contributed by atoms with Gasteiger partial charge in [-0.25, -0.2) is 8.42 Å². The summed E-state index contributed by atoms with van der Waals surface area (Å²) in [5.41, 5.74) is 0. The third-order valence-corrected chi connectivity index (χ3v) is 4.09. The van der Waals surface area contributed by atoms with Gasteiger partial charge < -0.3 is 4.74 Å². The van der Waals surface area contributed by atoms with Gasteiger partial charge in [0.25, 0.3) is 0 Å². The molecule has 0 unspecified atom stereocenters. The van der Waals surface area contributed by atoms with Gasteiger partial charge in [-0.05, 0) is 5.92 Å². The van der Waals surface area contributed by atoms with E-state index in [4.69, 9.17) is 16.3 Å². The molecule has 0 spiro atoms. The summed E-state index contributed by atoms with van der Waals surface area (Å²) >= 11 is 5.46. The highest BCUT2D eigenvalue weighted by atomic mass is 35.5. The van der Waals surface area contributed by atoms with Gasteiger partial charge in [0.1, 0.15) is 0 Å². The lowest BCUT2D eigenvalue weighted by molar-refractivity contribution is 0.175. The van der Waals surface area contributed by atoms with Crippen LogP contribution in [0.2, 0.25) is 0 Å². The first kappa shape index (κ1) is 15.2. The van der Waals surface area contributed by atoms with Crippen LogP contribution in [0, 0.1) is 5.92 Å². The van der Waals surface area contributed by atoms with Gasteiger partial charge in [-0.3, -0.25) is 0 Å². The normalized spacial score (nSPS) is 12.7. The third-order valence-electron chi connectivity index (χ3n) is 1.84. The van der Waals surface area contributed by atoms with Crippen molar-refractivity contribution in [3.63, 3.8) is 0 Å². The molecule has 0 aromatic carbocycles. The summed E-state index contributed by atoms with van der Waals surface area (Å²) < 4.78 is 29.9. The SMILES string of the molecule is COCCN(CC(C)C)S(=O)(=O)CCCl. The fourth-order valence-electron chi connectivity index (χ4n) is 1.17. The lowest BCUT2D eigenvalue weighted by atomic mass is 10.2. The number of sulfonamides is 1. The summed E-state index contributed by atoms with van der Waals surface area (Å²) in [6.45, 7) is 5.29. The first-order valence-corrected chi connectivity index (χ1v) is 7.11. The van der Waals surface area contributed by atoms with E-state index in [9.17, 15) is 8.42 Å².